The third-order valence-corrected chi connectivity index (χ3v) is 3.34. The summed E-state index contributed by atoms with van der Waals surface area (Å²) in [5.41, 5.74) is -0.477. The lowest BCUT2D eigenvalue weighted by molar-refractivity contribution is 0.231. The molecule has 0 aliphatic heterocycles. The molecule has 0 spiro atoms. The van der Waals surface area contributed by atoms with Crippen LogP contribution >= 0.6 is 0 Å². The molecule has 0 bridgehead atoms. The number of rotatable bonds is 7. The van der Waals surface area contributed by atoms with Crippen LogP contribution < -0.4 is 10.6 Å². The molecule has 4 nitrogen and oxygen atoms in total. The lowest BCUT2D eigenvalue weighted by atomic mass is 9.94. The Morgan fingerprint density at radius 3 is 2.43 bits per heavy atom. The second kappa shape index (κ2) is 9.11. The number of aliphatic hydroxyl groups is 1. The highest BCUT2D eigenvalue weighted by molar-refractivity contribution is 5.89. The van der Waals surface area contributed by atoms with Gasteiger partial charge in [-0.15, -0.1) is 6.42 Å². The summed E-state index contributed by atoms with van der Waals surface area (Å²) in [4.78, 5) is 11.8. The van der Waals surface area contributed by atoms with Gasteiger partial charge in [0.25, 0.3) is 0 Å². The number of amides is 2. The fraction of sp³-hybridized carbons (Fsp3) is 0.471. The van der Waals surface area contributed by atoms with E-state index in [-0.39, 0.29) is 18.1 Å². The number of hydrogen-bond donors (Lipinski definition) is 3. The van der Waals surface area contributed by atoms with Crippen molar-refractivity contribution < 1.29 is 18.7 Å². The summed E-state index contributed by atoms with van der Waals surface area (Å²) in [6.07, 6.45) is 6.47. The van der Waals surface area contributed by atoms with Crippen molar-refractivity contribution >= 4 is 11.7 Å². The van der Waals surface area contributed by atoms with Gasteiger partial charge in [0.1, 0.15) is 5.69 Å². The van der Waals surface area contributed by atoms with Gasteiger partial charge in [0.2, 0.25) is 0 Å². The second-order valence-corrected chi connectivity index (χ2v) is 5.80. The molecule has 1 unspecified atom stereocenters. The Morgan fingerprint density at radius 2 is 1.96 bits per heavy atom. The van der Waals surface area contributed by atoms with Crippen molar-refractivity contribution in [2.24, 2.45) is 11.8 Å². The highest BCUT2D eigenvalue weighted by Crippen LogP contribution is 2.20. The summed E-state index contributed by atoms with van der Waals surface area (Å²) in [6.45, 7) is 4.43. The maximum absolute atomic E-state index is 13.7. The molecule has 1 atom stereocenters. The van der Waals surface area contributed by atoms with Gasteiger partial charge in [0, 0.05) is 18.7 Å². The summed E-state index contributed by atoms with van der Waals surface area (Å²) in [5, 5.41) is 13.7. The highest BCUT2D eigenvalue weighted by Gasteiger charge is 2.16. The van der Waals surface area contributed by atoms with E-state index >= 15 is 0 Å². The first-order chi connectivity index (χ1) is 10.9. The lowest BCUT2D eigenvalue weighted by Crippen LogP contribution is -2.34. The Hall–Kier alpha value is -2.13. The lowest BCUT2D eigenvalue weighted by Gasteiger charge is -2.19. The topological polar surface area (TPSA) is 61.4 Å². The molecular weight excluding hydrogens is 302 g/mol. The number of carbonyl (C=O) groups excluding carboxylic acids is 1. The van der Waals surface area contributed by atoms with Crippen molar-refractivity contribution in [1.82, 2.24) is 5.32 Å². The molecule has 0 heterocycles. The number of hydrogen-bond acceptors (Lipinski definition) is 2. The van der Waals surface area contributed by atoms with Crippen LogP contribution in [-0.4, -0.2) is 24.3 Å². The van der Waals surface area contributed by atoms with Gasteiger partial charge in [0.15, 0.2) is 11.6 Å². The fourth-order valence-electron chi connectivity index (χ4n) is 2.32. The Labute approximate surface area is 135 Å². The number of aliphatic hydroxyl groups excluding tert-OH is 1. The van der Waals surface area contributed by atoms with Crippen LogP contribution in [0.25, 0.3) is 0 Å². The van der Waals surface area contributed by atoms with Gasteiger partial charge in [-0.25, -0.2) is 13.6 Å². The maximum atomic E-state index is 13.7. The Kier molecular flexibility index (Phi) is 7.49. The Morgan fingerprint density at radius 1 is 1.35 bits per heavy atom. The van der Waals surface area contributed by atoms with Crippen LogP contribution in [0.4, 0.5) is 19.3 Å². The van der Waals surface area contributed by atoms with Crippen LogP contribution in [0.2, 0.25) is 0 Å². The monoisotopic (exact) mass is 324 g/mol. The van der Waals surface area contributed by atoms with Gasteiger partial charge in [-0.1, -0.05) is 19.8 Å². The first kappa shape index (κ1) is 18.9. The molecule has 6 heteroatoms. The molecule has 0 aliphatic rings. The molecule has 1 aromatic carbocycles. The van der Waals surface area contributed by atoms with E-state index in [1.165, 1.54) is 0 Å². The van der Waals surface area contributed by atoms with Gasteiger partial charge < -0.3 is 15.7 Å². The summed E-state index contributed by atoms with van der Waals surface area (Å²) in [6, 6.07) is 1.25. The standard InChI is InChI=1S/C17H22F2N2O2/c1-4-12-8-14(18)16(15(19)9-12)21-17(23)20-10-13(5-6-22)7-11(2)3/h1,8-9,11,13,22H,5-7,10H2,2-3H3,(H2,20,21,23). The molecule has 0 aliphatic carbocycles. The normalized spacial score (nSPS) is 11.9. The third-order valence-electron chi connectivity index (χ3n) is 3.34. The van der Waals surface area contributed by atoms with Crippen LogP contribution in [0, 0.1) is 35.8 Å². The van der Waals surface area contributed by atoms with Crippen LogP contribution in [0.15, 0.2) is 12.1 Å². The molecule has 1 aromatic rings. The van der Waals surface area contributed by atoms with Crippen LogP contribution in [0.1, 0.15) is 32.3 Å². The van der Waals surface area contributed by atoms with Crippen molar-refractivity contribution in [2.45, 2.75) is 26.7 Å². The second-order valence-electron chi connectivity index (χ2n) is 5.80. The SMILES string of the molecule is C#Cc1cc(F)c(NC(=O)NCC(CCO)CC(C)C)c(F)c1. The molecule has 0 fully saturated rings. The first-order valence-electron chi connectivity index (χ1n) is 7.48. The summed E-state index contributed by atoms with van der Waals surface area (Å²) in [7, 11) is 0. The first-order valence-corrected chi connectivity index (χ1v) is 7.48. The van der Waals surface area contributed by atoms with E-state index in [1.54, 1.807) is 0 Å². The summed E-state index contributed by atoms with van der Waals surface area (Å²) in [5.74, 6) is 0.793. The van der Waals surface area contributed by atoms with Crippen molar-refractivity contribution in [2.75, 3.05) is 18.5 Å². The average molecular weight is 324 g/mol. The zero-order chi connectivity index (χ0) is 17.4. The van der Waals surface area contributed by atoms with Crippen molar-refractivity contribution in [3.8, 4) is 12.3 Å². The predicted octanol–water partition coefficient (Wildman–Crippen LogP) is 3.11. The number of halogens is 2. The van der Waals surface area contributed by atoms with E-state index in [2.05, 4.69) is 16.6 Å². The largest absolute Gasteiger partial charge is 0.396 e. The van der Waals surface area contributed by atoms with Crippen molar-refractivity contribution in [3.05, 3.63) is 29.3 Å². The third kappa shape index (κ3) is 6.25. The molecule has 1 rings (SSSR count). The van der Waals surface area contributed by atoms with Gasteiger partial charge >= 0.3 is 6.03 Å². The van der Waals surface area contributed by atoms with E-state index < -0.39 is 23.4 Å². The van der Waals surface area contributed by atoms with Gasteiger partial charge in [-0.3, -0.25) is 0 Å². The average Bonchev–Trinajstić information content (AvgIpc) is 2.48. The van der Waals surface area contributed by atoms with Gasteiger partial charge in [-0.05, 0) is 36.8 Å². The van der Waals surface area contributed by atoms with E-state index in [9.17, 15) is 13.6 Å². The molecule has 126 valence electrons. The molecule has 23 heavy (non-hydrogen) atoms. The smallest absolute Gasteiger partial charge is 0.319 e. The van der Waals surface area contributed by atoms with Crippen LogP contribution in [-0.2, 0) is 0 Å². The minimum absolute atomic E-state index is 0.0253. The minimum atomic E-state index is -0.929. The van der Waals surface area contributed by atoms with E-state index in [0.717, 1.165) is 18.6 Å². The molecule has 0 saturated carbocycles. The van der Waals surface area contributed by atoms with Crippen molar-refractivity contribution in [3.63, 3.8) is 0 Å². The number of nitrogens with one attached hydrogen (secondary N) is 2. The van der Waals surface area contributed by atoms with E-state index in [4.69, 9.17) is 11.5 Å². The van der Waals surface area contributed by atoms with Gasteiger partial charge in [-0.2, -0.15) is 0 Å². The zero-order valence-corrected chi connectivity index (χ0v) is 13.3. The van der Waals surface area contributed by atoms with Crippen LogP contribution in [0.3, 0.4) is 0 Å². The maximum Gasteiger partial charge on any atom is 0.319 e. The number of benzene rings is 1. The minimum Gasteiger partial charge on any atom is -0.396 e. The molecule has 2 amide bonds. The van der Waals surface area contributed by atoms with Crippen molar-refractivity contribution in [1.29, 1.82) is 0 Å². The number of anilines is 1. The molecule has 3 N–H and O–H groups in total. The van der Waals surface area contributed by atoms with E-state index in [1.807, 2.05) is 13.8 Å². The van der Waals surface area contributed by atoms with E-state index in [0.29, 0.717) is 18.9 Å². The fourth-order valence-corrected chi connectivity index (χ4v) is 2.32. The quantitative estimate of drug-likeness (QED) is 0.675. The number of urea groups is 1. The zero-order valence-electron chi connectivity index (χ0n) is 13.3. The van der Waals surface area contributed by atoms with Crippen LogP contribution in [0.5, 0.6) is 0 Å². The Bertz CT molecular complexity index is 559. The summed E-state index contributed by atoms with van der Waals surface area (Å²) < 4.78 is 27.5. The highest BCUT2D eigenvalue weighted by atomic mass is 19.1. The molecular formula is C17H22F2N2O2. The molecule has 0 radical (unpaired) electrons. The predicted molar refractivity (Wildman–Crippen MR) is 86.0 cm³/mol. The molecule has 0 saturated heterocycles. The number of carbonyl (C=O) groups is 1. The van der Waals surface area contributed by atoms with Gasteiger partial charge in [0.05, 0.1) is 0 Å². The number of terminal acetylenes is 1. The molecule has 0 aromatic heterocycles. The summed E-state index contributed by atoms with van der Waals surface area (Å²) >= 11 is 0. The Balaban J connectivity index is 2.65.